The molecule has 0 fully saturated rings. The Hall–Kier alpha value is -1.29. The van der Waals surface area contributed by atoms with Crippen molar-refractivity contribution in [3.63, 3.8) is 0 Å². The Morgan fingerprint density at radius 2 is 2.00 bits per heavy atom. The maximum atomic E-state index is 11.8. The summed E-state index contributed by atoms with van der Waals surface area (Å²) in [5.41, 5.74) is 5.28. The average molecular weight is 276 g/mol. The molecule has 0 saturated heterocycles. The first-order valence-electron chi connectivity index (χ1n) is 5.08. The van der Waals surface area contributed by atoms with Crippen LogP contribution in [0.15, 0.2) is 17.3 Å². The van der Waals surface area contributed by atoms with Crippen LogP contribution in [0.4, 0.5) is 5.95 Å². The van der Waals surface area contributed by atoms with E-state index in [2.05, 4.69) is 14.7 Å². The Bertz CT molecular complexity index is 462. The van der Waals surface area contributed by atoms with Gasteiger partial charge in [-0.05, 0) is 0 Å². The molecular weight excluding hydrogens is 260 g/mol. The zero-order valence-corrected chi connectivity index (χ0v) is 11.0. The Labute approximate surface area is 106 Å². The molecule has 1 unspecified atom stereocenters. The lowest BCUT2D eigenvalue weighted by molar-refractivity contribution is 0.0320. The van der Waals surface area contributed by atoms with Crippen LogP contribution in [0.1, 0.15) is 0 Å². The molecule has 1 aromatic rings. The lowest BCUT2D eigenvalue weighted by Gasteiger charge is -2.14. The molecule has 18 heavy (non-hydrogen) atoms. The third-order valence-corrected chi connectivity index (χ3v) is 3.52. The minimum atomic E-state index is -3.67. The highest BCUT2D eigenvalue weighted by molar-refractivity contribution is 7.89. The van der Waals surface area contributed by atoms with Crippen molar-refractivity contribution < 1.29 is 17.9 Å². The van der Waals surface area contributed by atoms with Gasteiger partial charge in [0, 0.05) is 20.8 Å². The second-order valence-electron chi connectivity index (χ2n) is 3.44. The molecule has 1 atom stereocenters. The van der Waals surface area contributed by atoms with Gasteiger partial charge in [-0.25, -0.2) is 23.1 Å². The van der Waals surface area contributed by atoms with Crippen LogP contribution in [-0.4, -0.2) is 51.9 Å². The summed E-state index contributed by atoms with van der Waals surface area (Å²) < 4.78 is 36.0. The van der Waals surface area contributed by atoms with E-state index >= 15 is 0 Å². The number of nitrogens with zero attached hydrogens (tertiary/aromatic N) is 2. The summed E-state index contributed by atoms with van der Waals surface area (Å²) >= 11 is 0. The number of aromatic nitrogens is 2. The van der Waals surface area contributed by atoms with Crippen LogP contribution >= 0.6 is 0 Å². The molecule has 0 spiro atoms. The fourth-order valence-corrected chi connectivity index (χ4v) is 2.10. The first kappa shape index (κ1) is 14.8. The van der Waals surface area contributed by atoms with Crippen LogP contribution in [0.25, 0.3) is 0 Å². The second kappa shape index (κ2) is 6.59. The number of hydrogen-bond donors (Lipinski definition) is 2. The van der Waals surface area contributed by atoms with Gasteiger partial charge in [0.05, 0.1) is 25.1 Å². The molecule has 0 radical (unpaired) electrons. The van der Waals surface area contributed by atoms with Gasteiger partial charge in [0.15, 0.2) is 0 Å². The molecular formula is C9H16N4O4S. The van der Waals surface area contributed by atoms with Crippen molar-refractivity contribution in [3.8, 4) is 0 Å². The number of hydrogen-bond acceptors (Lipinski definition) is 7. The maximum Gasteiger partial charge on any atom is 0.243 e. The summed E-state index contributed by atoms with van der Waals surface area (Å²) in [5.74, 6) is 0.0168. The van der Waals surface area contributed by atoms with Gasteiger partial charge in [0.2, 0.25) is 16.0 Å². The second-order valence-corrected chi connectivity index (χ2v) is 5.21. The summed E-state index contributed by atoms with van der Waals surface area (Å²) in [7, 11) is -0.682. The molecule has 3 N–H and O–H groups in total. The van der Waals surface area contributed by atoms with E-state index in [-0.39, 0.29) is 30.1 Å². The third-order valence-electron chi connectivity index (χ3n) is 2.15. The van der Waals surface area contributed by atoms with Gasteiger partial charge in [-0.3, -0.25) is 0 Å². The van der Waals surface area contributed by atoms with E-state index in [4.69, 9.17) is 15.2 Å². The maximum absolute atomic E-state index is 11.8. The van der Waals surface area contributed by atoms with Gasteiger partial charge in [0.25, 0.3) is 0 Å². The van der Waals surface area contributed by atoms with Crippen LogP contribution < -0.4 is 10.5 Å². The highest BCUT2D eigenvalue weighted by Gasteiger charge is 2.17. The van der Waals surface area contributed by atoms with Gasteiger partial charge >= 0.3 is 0 Å². The highest BCUT2D eigenvalue weighted by Crippen LogP contribution is 2.06. The monoisotopic (exact) mass is 276 g/mol. The Morgan fingerprint density at radius 1 is 1.39 bits per heavy atom. The standard InChI is InChI=1S/C9H16N4O4S/c1-16-6-7(17-2)3-13-18(14,15)8-4-11-9(10)12-5-8/h4-5,7,13H,3,6H2,1-2H3,(H2,10,11,12). The topological polar surface area (TPSA) is 116 Å². The van der Waals surface area contributed by atoms with E-state index in [1.54, 1.807) is 0 Å². The zero-order valence-electron chi connectivity index (χ0n) is 10.2. The molecule has 0 amide bonds. The van der Waals surface area contributed by atoms with E-state index in [0.717, 1.165) is 12.4 Å². The van der Waals surface area contributed by atoms with E-state index in [1.165, 1.54) is 14.2 Å². The summed E-state index contributed by atoms with van der Waals surface area (Å²) in [6.45, 7) is 0.383. The van der Waals surface area contributed by atoms with E-state index in [1.807, 2.05) is 0 Å². The molecule has 0 bridgehead atoms. The molecule has 102 valence electrons. The van der Waals surface area contributed by atoms with Gasteiger partial charge in [0.1, 0.15) is 4.90 Å². The molecule has 8 nitrogen and oxygen atoms in total. The normalized spacial score (nSPS) is 13.4. The number of nitrogens with two attached hydrogens (primary N) is 1. The zero-order chi connectivity index (χ0) is 13.6. The summed E-state index contributed by atoms with van der Waals surface area (Å²) in [6, 6.07) is 0. The lowest BCUT2D eigenvalue weighted by Crippen LogP contribution is -2.35. The number of sulfonamides is 1. The Balaban J connectivity index is 2.67. The molecule has 1 heterocycles. The number of nitrogens with one attached hydrogen (secondary N) is 1. The van der Waals surface area contributed by atoms with Crippen molar-refractivity contribution in [2.75, 3.05) is 33.1 Å². The van der Waals surface area contributed by atoms with Crippen LogP contribution in [0.3, 0.4) is 0 Å². The smallest absolute Gasteiger partial charge is 0.243 e. The summed E-state index contributed by atoms with van der Waals surface area (Å²) in [4.78, 5) is 7.19. The fourth-order valence-electron chi connectivity index (χ4n) is 1.15. The number of ether oxygens (including phenoxy) is 2. The molecule has 0 aromatic carbocycles. The van der Waals surface area contributed by atoms with E-state index < -0.39 is 10.0 Å². The largest absolute Gasteiger partial charge is 0.382 e. The fraction of sp³-hybridized carbons (Fsp3) is 0.556. The van der Waals surface area contributed by atoms with Gasteiger partial charge < -0.3 is 15.2 Å². The van der Waals surface area contributed by atoms with Crippen molar-refractivity contribution in [1.29, 1.82) is 0 Å². The van der Waals surface area contributed by atoms with Gasteiger partial charge in [-0.15, -0.1) is 0 Å². The average Bonchev–Trinajstić information content (AvgIpc) is 2.35. The van der Waals surface area contributed by atoms with Gasteiger partial charge in [-0.1, -0.05) is 0 Å². The third kappa shape index (κ3) is 4.18. The van der Waals surface area contributed by atoms with Crippen molar-refractivity contribution in [2.24, 2.45) is 0 Å². The minimum Gasteiger partial charge on any atom is -0.382 e. The minimum absolute atomic E-state index is 0.0168. The Kier molecular flexibility index (Phi) is 5.41. The first-order valence-corrected chi connectivity index (χ1v) is 6.57. The molecule has 0 saturated carbocycles. The number of anilines is 1. The molecule has 1 rings (SSSR count). The molecule has 0 aliphatic carbocycles. The Morgan fingerprint density at radius 3 is 2.50 bits per heavy atom. The predicted molar refractivity (Wildman–Crippen MR) is 64.3 cm³/mol. The van der Waals surface area contributed by atoms with Crippen LogP contribution in [-0.2, 0) is 19.5 Å². The van der Waals surface area contributed by atoms with Crippen LogP contribution in [0, 0.1) is 0 Å². The SMILES string of the molecule is COCC(CNS(=O)(=O)c1cnc(N)nc1)OC. The van der Waals surface area contributed by atoms with Gasteiger partial charge in [-0.2, -0.15) is 0 Å². The summed E-state index contributed by atoms with van der Waals surface area (Å²) in [6.07, 6.45) is 1.92. The van der Waals surface area contributed by atoms with Crippen molar-refractivity contribution in [2.45, 2.75) is 11.0 Å². The molecule has 0 aliphatic rings. The van der Waals surface area contributed by atoms with Crippen LogP contribution in [0.5, 0.6) is 0 Å². The summed E-state index contributed by atoms with van der Waals surface area (Å²) in [5, 5.41) is 0. The predicted octanol–water partition coefficient (Wildman–Crippen LogP) is -1.00. The first-order chi connectivity index (χ1) is 8.49. The van der Waals surface area contributed by atoms with Crippen molar-refractivity contribution in [1.82, 2.24) is 14.7 Å². The number of methoxy groups -OCH3 is 2. The van der Waals surface area contributed by atoms with E-state index in [9.17, 15) is 8.42 Å². The van der Waals surface area contributed by atoms with Crippen molar-refractivity contribution >= 4 is 16.0 Å². The molecule has 0 aliphatic heterocycles. The lowest BCUT2D eigenvalue weighted by atomic mass is 10.4. The quantitative estimate of drug-likeness (QED) is 0.656. The highest BCUT2D eigenvalue weighted by atomic mass is 32.2. The van der Waals surface area contributed by atoms with Crippen LogP contribution in [0.2, 0.25) is 0 Å². The number of rotatable bonds is 7. The van der Waals surface area contributed by atoms with Crippen molar-refractivity contribution in [3.05, 3.63) is 12.4 Å². The molecule has 1 aromatic heterocycles. The molecule has 9 heteroatoms. The van der Waals surface area contributed by atoms with E-state index in [0.29, 0.717) is 0 Å². The number of nitrogen functional groups attached to an aromatic ring is 1.